The standard InChI is InChI=1S/C16H17BrN2O2/c1-4-21-16(20)15-10(2)14(11(3)19-15)9-18-13-7-5-12(17)6-8-13/h5-9,19H,4H2,1-3H3. The van der Waals surface area contributed by atoms with Crippen LogP contribution in [0.3, 0.4) is 0 Å². The summed E-state index contributed by atoms with van der Waals surface area (Å²) in [6.45, 7) is 5.95. The first-order valence-electron chi connectivity index (χ1n) is 6.68. The molecule has 4 nitrogen and oxygen atoms in total. The van der Waals surface area contributed by atoms with Crippen molar-refractivity contribution in [1.82, 2.24) is 4.98 Å². The maximum Gasteiger partial charge on any atom is 0.355 e. The lowest BCUT2D eigenvalue weighted by molar-refractivity contribution is 0.0519. The molecule has 0 unspecified atom stereocenters. The number of nitrogens with one attached hydrogen (secondary N) is 1. The fourth-order valence-electron chi connectivity index (χ4n) is 2.03. The van der Waals surface area contributed by atoms with E-state index < -0.39 is 0 Å². The van der Waals surface area contributed by atoms with Crippen molar-refractivity contribution in [3.05, 3.63) is 51.3 Å². The molecule has 1 N–H and O–H groups in total. The first kappa shape index (κ1) is 15.5. The Morgan fingerprint density at radius 2 is 2.00 bits per heavy atom. The van der Waals surface area contributed by atoms with Gasteiger partial charge < -0.3 is 9.72 Å². The number of hydrogen-bond donors (Lipinski definition) is 1. The normalized spacial score (nSPS) is 11.0. The number of halogens is 1. The Balaban J connectivity index is 2.28. The van der Waals surface area contributed by atoms with Gasteiger partial charge in [0.25, 0.3) is 0 Å². The van der Waals surface area contributed by atoms with Crippen molar-refractivity contribution in [2.45, 2.75) is 20.8 Å². The largest absolute Gasteiger partial charge is 0.461 e. The van der Waals surface area contributed by atoms with Crippen molar-refractivity contribution in [1.29, 1.82) is 0 Å². The summed E-state index contributed by atoms with van der Waals surface area (Å²) in [4.78, 5) is 19.3. The molecule has 0 amide bonds. The van der Waals surface area contributed by atoms with Crippen LogP contribution in [0.4, 0.5) is 5.69 Å². The van der Waals surface area contributed by atoms with Gasteiger partial charge in [-0.25, -0.2) is 4.79 Å². The highest BCUT2D eigenvalue weighted by Crippen LogP contribution is 2.20. The zero-order chi connectivity index (χ0) is 15.4. The molecule has 21 heavy (non-hydrogen) atoms. The van der Waals surface area contributed by atoms with Crippen molar-refractivity contribution >= 4 is 33.8 Å². The third kappa shape index (κ3) is 3.61. The van der Waals surface area contributed by atoms with Crippen LogP contribution in [0.2, 0.25) is 0 Å². The predicted molar refractivity (Wildman–Crippen MR) is 87.6 cm³/mol. The van der Waals surface area contributed by atoms with Crippen LogP contribution in [-0.2, 0) is 4.74 Å². The van der Waals surface area contributed by atoms with Crippen molar-refractivity contribution < 1.29 is 9.53 Å². The van der Waals surface area contributed by atoms with E-state index in [1.807, 2.05) is 38.1 Å². The minimum absolute atomic E-state index is 0.332. The maximum absolute atomic E-state index is 11.8. The lowest BCUT2D eigenvalue weighted by Gasteiger charge is -2.00. The molecule has 2 aromatic rings. The van der Waals surface area contributed by atoms with E-state index in [1.165, 1.54) is 0 Å². The van der Waals surface area contributed by atoms with Gasteiger partial charge in [-0.1, -0.05) is 15.9 Å². The number of hydrogen-bond acceptors (Lipinski definition) is 3. The Kier molecular flexibility index (Phi) is 4.96. The highest BCUT2D eigenvalue weighted by atomic mass is 79.9. The Hall–Kier alpha value is -1.88. The van der Waals surface area contributed by atoms with Crippen molar-refractivity contribution in [3.63, 3.8) is 0 Å². The summed E-state index contributed by atoms with van der Waals surface area (Å²) in [6, 6.07) is 7.72. The number of rotatable bonds is 4. The van der Waals surface area contributed by atoms with Gasteiger partial charge >= 0.3 is 5.97 Å². The van der Waals surface area contributed by atoms with Crippen LogP contribution < -0.4 is 0 Å². The summed E-state index contributed by atoms with van der Waals surface area (Å²) >= 11 is 3.39. The number of benzene rings is 1. The van der Waals surface area contributed by atoms with E-state index in [1.54, 1.807) is 13.1 Å². The number of aromatic amines is 1. The van der Waals surface area contributed by atoms with Gasteiger partial charge in [-0.15, -0.1) is 0 Å². The molecular formula is C16H17BrN2O2. The van der Waals surface area contributed by atoms with E-state index in [0.717, 1.165) is 27.0 Å². The van der Waals surface area contributed by atoms with Gasteiger partial charge in [0.1, 0.15) is 5.69 Å². The minimum atomic E-state index is -0.332. The van der Waals surface area contributed by atoms with E-state index in [4.69, 9.17) is 4.74 Å². The SMILES string of the molecule is CCOC(=O)c1[nH]c(C)c(C=Nc2ccc(Br)cc2)c1C. The first-order chi connectivity index (χ1) is 10.0. The molecule has 0 saturated carbocycles. The zero-order valence-electron chi connectivity index (χ0n) is 12.2. The molecule has 0 aliphatic carbocycles. The zero-order valence-corrected chi connectivity index (χ0v) is 13.8. The number of aromatic nitrogens is 1. The van der Waals surface area contributed by atoms with Crippen molar-refractivity contribution in [3.8, 4) is 0 Å². The van der Waals surface area contributed by atoms with Crippen LogP contribution in [0, 0.1) is 13.8 Å². The summed E-state index contributed by atoms with van der Waals surface area (Å²) in [6.07, 6.45) is 1.77. The Labute approximate surface area is 132 Å². The van der Waals surface area contributed by atoms with Gasteiger partial charge in [0.05, 0.1) is 12.3 Å². The first-order valence-corrected chi connectivity index (χ1v) is 7.48. The number of aryl methyl sites for hydroxylation is 1. The Bertz CT molecular complexity index is 672. The highest BCUT2D eigenvalue weighted by molar-refractivity contribution is 9.10. The molecule has 0 spiro atoms. The number of nitrogens with zero attached hydrogens (tertiary/aromatic N) is 1. The number of ether oxygens (including phenoxy) is 1. The van der Waals surface area contributed by atoms with Crippen LogP contribution in [0.15, 0.2) is 33.7 Å². The molecule has 0 fully saturated rings. The quantitative estimate of drug-likeness (QED) is 0.660. The molecular weight excluding hydrogens is 332 g/mol. The Morgan fingerprint density at radius 3 is 2.62 bits per heavy atom. The second kappa shape index (κ2) is 6.72. The second-order valence-electron chi connectivity index (χ2n) is 4.62. The molecule has 5 heteroatoms. The summed E-state index contributed by atoms with van der Waals surface area (Å²) in [5.41, 5.74) is 4.02. The van der Waals surface area contributed by atoms with Gasteiger partial charge in [0.2, 0.25) is 0 Å². The fourth-order valence-corrected chi connectivity index (χ4v) is 2.30. The van der Waals surface area contributed by atoms with E-state index in [0.29, 0.717) is 12.3 Å². The van der Waals surface area contributed by atoms with E-state index in [2.05, 4.69) is 25.9 Å². The second-order valence-corrected chi connectivity index (χ2v) is 5.53. The number of carbonyl (C=O) groups is 1. The molecule has 0 bridgehead atoms. The molecule has 0 radical (unpaired) electrons. The summed E-state index contributed by atoms with van der Waals surface area (Å²) in [7, 11) is 0. The summed E-state index contributed by atoms with van der Waals surface area (Å²) in [5, 5.41) is 0. The summed E-state index contributed by atoms with van der Waals surface area (Å²) in [5.74, 6) is -0.332. The third-order valence-corrected chi connectivity index (χ3v) is 3.67. The van der Waals surface area contributed by atoms with Crippen LogP contribution in [-0.4, -0.2) is 23.8 Å². The third-order valence-electron chi connectivity index (χ3n) is 3.14. The molecule has 2 rings (SSSR count). The number of carbonyl (C=O) groups excluding carboxylic acids is 1. The summed E-state index contributed by atoms with van der Waals surface area (Å²) < 4.78 is 6.05. The molecule has 1 aromatic carbocycles. The lowest BCUT2D eigenvalue weighted by atomic mass is 10.1. The molecule has 0 aliphatic heterocycles. The van der Waals surface area contributed by atoms with Crippen molar-refractivity contribution in [2.75, 3.05) is 6.61 Å². The lowest BCUT2D eigenvalue weighted by Crippen LogP contribution is -2.06. The van der Waals surface area contributed by atoms with Crippen LogP contribution in [0.1, 0.15) is 34.2 Å². The predicted octanol–water partition coefficient (Wildman–Crippen LogP) is 4.32. The maximum atomic E-state index is 11.8. The number of H-pyrrole nitrogens is 1. The minimum Gasteiger partial charge on any atom is -0.461 e. The van der Waals surface area contributed by atoms with Gasteiger partial charge in [-0.3, -0.25) is 4.99 Å². The van der Waals surface area contributed by atoms with Crippen molar-refractivity contribution in [2.24, 2.45) is 4.99 Å². The van der Waals surface area contributed by atoms with Crippen LogP contribution in [0.25, 0.3) is 0 Å². The molecule has 1 heterocycles. The van der Waals surface area contributed by atoms with Gasteiger partial charge in [-0.05, 0) is 50.6 Å². The number of aliphatic imine (C=N–C) groups is 1. The topological polar surface area (TPSA) is 54.5 Å². The number of esters is 1. The molecule has 0 saturated heterocycles. The molecule has 110 valence electrons. The van der Waals surface area contributed by atoms with Gasteiger partial charge in [0, 0.05) is 21.9 Å². The van der Waals surface area contributed by atoms with E-state index >= 15 is 0 Å². The van der Waals surface area contributed by atoms with Gasteiger partial charge in [-0.2, -0.15) is 0 Å². The molecule has 1 aromatic heterocycles. The smallest absolute Gasteiger partial charge is 0.355 e. The van der Waals surface area contributed by atoms with Crippen LogP contribution in [0.5, 0.6) is 0 Å². The molecule has 0 atom stereocenters. The molecule has 0 aliphatic rings. The van der Waals surface area contributed by atoms with Crippen LogP contribution >= 0.6 is 15.9 Å². The van der Waals surface area contributed by atoms with E-state index in [-0.39, 0.29) is 5.97 Å². The fraction of sp³-hybridized carbons (Fsp3) is 0.250. The average molecular weight is 349 g/mol. The highest BCUT2D eigenvalue weighted by Gasteiger charge is 2.17. The Morgan fingerprint density at radius 1 is 1.33 bits per heavy atom. The average Bonchev–Trinajstić information content (AvgIpc) is 2.74. The van der Waals surface area contributed by atoms with E-state index in [9.17, 15) is 4.79 Å². The monoisotopic (exact) mass is 348 g/mol. The van der Waals surface area contributed by atoms with Gasteiger partial charge in [0.15, 0.2) is 0 Å².